The first-order chi connectivity index (χ1) is 13.8. The maximum atomic E-state index is 13.2. The Hall–Kier alpha value is -2.71. The van der Waals surface area contributed by atoms with Crippen molar-refractivity contribution in [3.8, 4) is 5.75 Å². The number of hydrogen-bond acceptors (Lipinski definition) is 7. The van der Waals surface area contributed by atoms with Crippen molar-refractivity contribution >= 4 is 17.5 Å². The molecule has 0 amide bonds. The number of aliphatic hydroxyl groups excluding tert-OH is 1. The van der Waals surface area contributed by atoms with Crippen LogP contribution in [0.1, 0.15) is 65.0 Å². The fraction of sp³-hybridized carbons (Fsp3) is 0.476. The predicted octanol–water partition coefficient (Wildman–Crippen LogP) is 2.70. The number of fused-ring (bicyclic) bond motifs is 2. The first-order valence-electron chi connectivity index (χ1n) is 9.65. The average Bonchev–Trinajstić information content (AvgIpc) is 2.66. The third-order valence-electron chi connectivity index (χ3n) is 5.24. The Labute approximate surface area is 167 Å². The molecule has 0 saturated carbocycles. The second-order valence-electron chi connectivity index (χ2n) is 7.17. The van der Waals surface area contributed by atoms with Crippen LogP contribution in [0.25, 0.3) is 0 Å². The number of phenolic OH excluding ortho intramolecular Hbond substituents is 1. The van der Waals surface area contributed by atoms with Crippen molar-refractivity contribution in [2.75, 3.05) is 6.61 Å². The van der Waals surface area contributed by atoms with E-state index < -0.39 is 41.3 Å². The van der Waals surface area contributed by atoms with Crippen LogP contribution in [0.3, 0.4) is 0 Å². The van der Waals surface area contributed by atoms with Gasteiger partial charge in [-0.15, -0.1) is 0 Å². The van der Waals surface area contributed by atoms with Crippen LogP contribution < -0.4 is 0 Å². The minimum atomic E-state index is -1.01. The highest BCUT2D eigenvalue weighted by Crippen LogP contribution is 2.40. The summed E-state index contributed by atoms with van der Waals surface area (Å²) in [5, 5.41) is 30.1. The van der Waals surface area contributed by atoms with Crippen molar-refractivity contribution in [3.05, 3.63) is 39.7 Å². The Morgan fingerprint density at radius 2 is 2.00 bits per heavy atom. The molecule has 2 atom stereocenters. The molecule has 3 N–H and O–H groups in total. The van der Waals surface area contributed by atoms with Gasteiger partial charge in [0.2, 0.25) is 5.78 Å². The monoisotopic (exact) mass is 404 g/mol. The van der Waals surface area contributed by atoms with Gasteiger partial charge in [0.1, 0.15) is 5.75 Å². The molecule has 1 aliphatic carbocycles. The minimum Gasteiger partial charge on any atom is -0.507 e. The van der Waals surface area contributed by atoms with Gasteiger partial charge < -0.3 is 24.8 Å². The number of carboxylic acid groups (broad SMARTS) is 1. The van der Waals surface area contributed by atoms with Crippen molar-refractivity contribution in [2.45, 2.75) is 58.3 Å². The molecule has 0 aromatic heterocycles. The van der Waals surface area contributed by atoms with Gasteiger partial charge in [0.05, 0.1) is 36.4 Å². The number of phenols is 1. The van der Waals surface area contributed by atoms with Crippen LogP contribution in [0.5, 0.6) is 5.75 Å². The molecule has 1 aromatic rings. The molecule has 0 bridgehead atoms. The highest BCUT2D eigenvalue weighted by atomic mass is 16.5. The molecule has 8 heteroatoms. The normalized spacial score (nSPS) is 19.7. The number of aliphatic hydroxyl groups is 1. The highest BCUT2D eigenvalue weighted by Gasteiger charge is 2.40. The van der Waals surface area contributed by atoms with Crippen molar-refractivity contribution in [3.63, 3.8) is 0 Å². The number of carbonyl (C=O) groups excluding carboxylic acids is 2. The molecule has 0 spiro atoms. The van der Waals surface area contributed by atoms with E-state index in [1.807, 2.05) is 6.92 Å². The molecule has 2 unspecified atom stereocenters. The van der Waals surface area contributed by atoms with E-state index in [9.17, 15) is 24.6 Å². The lowest BCUT2D eigenvalue weighted by Gasteiger charge is -2.29. The number of carboxylic acids is 1. The fourth-order valence-corrected chi connectivity index (χ4v) is 3.91. The SMILES string of the molecule is CCCC(OCC)C1=C(O)C(=O)c2c(cc3c(c2O)COC(CC(=O)O)C3)C1=O. The van der Waals surface area contributed by atoms with Crippen LogP contribution in [-0.4, -0.2) is 51.7 Å². The van der Waals surface area contributed by atoms with Gasteiger partial charge in [-0.1, -0.05) is 13.3 Å². The zero-order chi connectivity index (χ0) is 21.3. The number of hydrogen-bond donors (Lipinski definition) is 3. The van der Waals surface area contributed by atoms with E-state index in [4.69, 9.17) is 14.6 Å². The standard InChI is InChI=1S/C21H24O8/c1-3-5-14(28-4-2)17-18(24)12-7-10-6-11(8-15(22)23)29-9-13(10)19(25)16(12)20(26)21(17)27/h7,11,14,25,27H,3-6,8-9H2,1-2H3,(H,22,23). The van der Waals surface area contributed by atoms with Gasteiger partial charge in [-0.2, -0.15) is 0 Å². The fourth-order valence-electron chi connectivity index (χ4n) is 3.91. The number of carbonyl (C=O) groups is 3. The Bertz CT molecular complexity index is 892. The van der Waals surface area contributed by atoms with Crippen LogP contribution in [0.2, 0.25) is 0 Å². The summed E-state index contributed by atoms with van der Waals surface area (Å²) in [6.07, 6.45) is -0.202. The summed E-state index contributed by atoms with van der Waals surface area (Å²) in [4.78, 5) is 37.0. The van der Waals surface area contributed by atoms with Gasteiger partial charge in [0, 0.05) is 17.7 Å². The predicted molar refractivity (Wildman–Crippen MR) is 101 cm³/mol. The average molecular weight is 404 g/mol. The molecule has 2 aliphatic rings. The van der Waals surface area contributed by atoms with Gasteiger partial charge in [-0.05, 0) is 31.4 Å². The van der Waals surface area contributed by atoms with Crippen LogP contribution in [-0.2, 0) is 27.3 Å². The molecule has 29 heavy (non-hydrogen) atoms. The Kier molecular flexibility index (Phi) is 6.04. The highest BCUT2D eigenvalue weighted by molar-refractivity contribution is 6.27. The number of benzene rings is 1. The minimum absolute atomic E-state index is 0.00386. The third-order valence-corrected chi connectivity index (χ3v) is 5.24. The summed E-state index contributed by atoms with van der Waals surface area (Å²) < 4.78 is 11.1. The van der Waals surface area contributed by atoms with Gasteiger partial charge in [0.25, 0.3) is 0 Å². The van der Waals surface area contributed by atoms with Crippen molar-refractivity contribution in [1.82, 2.24) is 0 Å². The third kappa shape index (κ3) is 3.77. The summed E-state index contributed by atoms with van der Waals surface area (Å²) in [6, 6.07) is 1.50. The Morgan fingerprint density at radius 1 is 1.28 bits per heavy atom. The summed E-state index contributed by atoms with van der Waals surface area (Å²) in [5.41, 5.74) is 0.541. The molecule has 0 saturated heterocycles. The smallest absolute Gasteiger partial charge is 0.305 e. The second-order valence-corrected chi connectivity index (χ2v) is 7.17. The van der Waals surface area contributed by atoms with E-state index in [1.165, 1.54) is 6.07 Å². The lowest BCUT2D eigenvalue weighted by Crippen LogP contribution is -2.32. The zero-order valence-corrected chi connectivity index (χ0v) is 16.4. The number of allylic oxidation sites excluding steroid dienone is 1. The number of ether oxygens (including phenoxy) is 2. The molecule has 0 radical (unpaired) electrons. The molecular formula is C21H24O8. The molecule has 8 nitrogen and oxygen atoms in total. The summed E-state index contributed by atoms with van der Waals surface area (Å²) in [6.45, 7) is 3.88. The Morgan fingerprint density at radius 3 is 2.62 bits per heavy atom. The number of ketones is 2. The van der Waals surface area contributed by atoms with Crippen molar-refractivity contribution < 1.29 is 39.2 Å². The van der Waals surface area contributed by atoms with Gasteiger partial charge in [-0.3, -0.25) is 14.4 Å². The quantitative estimate of drug-likeness (QED) is 0.632. The van der Waals surface area contributed by atoms with Gasteiger partial charge >= 0.3 is 5.97 Å². The summed E-state index contributed by atoms with van der Waals surface area (Å²) in [5.74, 6) is -3.52. The van der Waals surface area contributed by atoms with E-state index >= 15 is 0 Å². The maximum Gasteiger partial charge on any atom is 0.305 e. The number of aromatic hydroxyl groups is 1. The first kappa shape index (κ1) is 21.0. The summed E-state index contributed by atoms with van der Waals surface area (Å²) >= 11 is 0. The Balaban J connectivity index is 2.07. The number of Topliss-reactive ketones (excluding diaryl/α,β-unsaturated/α-hetero) is 2. The van der Waals surface area contributed by atoms with Crippen molar-refractivity contribution in [2.24, 2.45) is 0 Å². The van der Waals surface area contributed by atoms with Crippen molar-refractivity contribution in [1.29, 1.82) is 0 Å². The lowest BCUT2D eigenvalue weighted by molar-refractivity contribution is -0.140. The summed E-state index contributed by atoms with van der Waals surface area (Å²) in [7, 11) is 0. The molecule has 156 valence electrons. The van der Waals surface area contributed by atoms with Crippen LogP contribution in [0, 0.1) is 0 Å². The van der Waals surface area contributed by atoms with E-state index in [0.29, 0.717) is 30.6 Å². The molecule has 1 aromatic carbocycles. The van der Waals surface area contributed by atoms with Gasteiger partial charge in [0.15, 0.2) is 11.5 Å². The van der Waals surface area contributed by atoms with Crippen LogP contribution >= 0.6 is 0 Å². The number of rotatable bonds is 7. The van der Waals surface area contributed by atoms with E-state index in [2.05, 4.69) is 0 Å². The van der Waals surface area contributed by atoms with E-state index in [-0.39, 0.29) is 36.1 Å². The molecule has 1 aliphatic heterocycles. The zero-order valence-electron chi connectivity index (χ0n) is 16.4. The molecule has 3 rings (SSSR count). The first-order valence-corrected chi connectivity index (χ1v) is 9.65. The van der Waals surface area contributed by atoms with E-state index in [1.54, 1.807) is 6.92 Å². The maximum absolute atomic E-state index is 13.2. The largest absolute Gasteiger partial charge is 0.507 e. The van der Waals surface area contributed by atoms with E-state index in [0.717, 1.165) is 0 Å². The topological polar surface area (TPSA) is 130 Å². The van der Waals surface area contributed by atoms with Gasteiger partial charge in [-0.25, -0.2) is 0 Å². The molecule has 0 fully saturated rings. The lowest BCUT2D eigenvalue weighted by atomic mass is 9.80. The number of aliphatic carboxylic acids is 1. The second kappa shape index (κ2) is 8.34. The molecule has 1 heterocycles. The van der Waals surface area contributed by atoms with Crippen LogP contribution in [0.4, 0.5) is 0 Å². The molecular weight excluding hydrogens is 380 g/mol. The van der Waals surface area contributed by atoms with Crippen LogP contribution in [0.15, 0.2) is 17.4 Å².